The molecule has 26 heavy (non-hydrogen) atoms. The molecule has 8 heteroatoms. The van der Waals surface area contributed by atoms with Crippen molar-refractivity contribution in [1.29, 1.82) is 0 Å². The second-order valence-corrected chi connectivity index (χ2v) is 5.43. The molecule has 2 aromatic carbocycles. The maximum Gasteiger partial charge on any atom is 0.340 e. The molecule has 0 bridgehead atoms. The molecule has 0 spiro atoms. The number of thiocarbonyl (C=S) groups is 1. The Hall–Kier alpha value is -3.00. The Morgan fingerprint density at radius 1 is 0.846 bits per heavy atom. The summed E-state index contributed by atoms with van der Waals surface area (Å²) in [5.74, 6) is 0.954. The van der Waals surface area contributed by atoms with Gasteiger partial charge < -0.3 is 29.6 Å². The largest absolute Gasteiger partial charge is 0.495 e. The van der Waals surface area contributed by atoms with Crippen LogP contribution in [0.2, 0.25) is 0 Å². The maximum atomic E-state index is 12.1. The second kappa shape index (κ2) is 8.91. The maximum absolute atomic E-state index is 12.1. The number of para-hydroxylation sites is 2. The fourth-order valence-corrected chi connectivity index (χ4v) is 2.50. The van der Waals surface area contributed by atoms with Crippen LogP contribution in [0.25, 0.3) is 0 Å². The van der Waals surface area contributed by atoms with Crippen molar-refractivity contribution in [1.82, 2.24) is 0 Å². The Morgan fingerprint density at radius 3 is 2.04 bits per heavy atom. The van der Waals surface area contributed by atoms with Gasteiger partial charge in [0.15, 0.2) is 16.6 Å². The Balaban J connectivity index is 2.31. The molecule has 7 nitrogen and oxygen atoms in total. The number of ether oxygens (including phenoxy) is 4. The predicted octanol–water partition coefficient (Wildman–Crippen LogP) is 3.31. The number of carbonyl (C=O) groups is 1. The highest BCUT2D eigenvalue weighted by Gasteiger charge is 2.18. The summed E-state index contributed by atoms with van der Waals surface area (Å²) in [6, 6.07) is 10.5. The lowest BCUT2D eigenvalue weighted by atomic mass is 10.1. The minimum absolute atomic E-state index is 0.259. The molecule has 2 aromatic rings. The van der Waals surface area contributed by atoms with Crippen molar-refractivity contribution in [2.24, 2.45) is 0 Å². The Labute approximate surface area is 157 Å². The molecule has 2 N–H and O–H groups in total. The van der Waals surface area contributed by atoms with E-state index in [-0.39, 0.29) is 10.7 Å². The summed E-state index contributed by atoms with van der Waals surface area (Å²) >= 11 is 5.35. The van der Waals surface area contributed by atoms with E-state index in [9.17, 15) is 4.79 Å². The first-order valence-corrected chi connectivity index (χ1v) is 8.00. The third-order valence-corrected chi connectivity index (χ3v) is 3.74. The summed E-state index contributed by atoms with van der Waals surface area (Å²) in [6.45, 7) is 0. The van der Waals surface area contributed by atoms with Crippen LogP contribution in [-0.2, 0) is 4.74 Å². The third kappa shape index (κ3) is 4.34. The highest BCUT2D eigenvalue weighted by atomic mass is 32.1. The smallest absolute Gasteiger partial charge is 0.340 e. The van der Waals surface area contributed by atoms with Crippen LogP contribution >= 0.6 is 12.2 Å². The van der Waals surface area contributed by atoms with E-state index in [2.05, 4.69) is 10.6 Å². The molecule has 0 aliphatic rings. The topological polar surface area (TPSA) is 78.1 Å². The van der Waals surface area contributed by atoms with E-state index in [0.717, 1.165) is 0 Å². The number of rotatable bonds is 6. The first-order valence-electron chi connectivity index (χ1n) is 7.59. The number of methoxy groups -OCH3 is 4. The van der Waals surface area contributed by atoms with Gasteiger partial charge in [0, 0.05) is 12.1 Å². The minimum atomic E-state index is -0.534. The lowest BCUT2D eigenvalue weighted by molar-refractivity contribution is 0.0601. The van der Waals surface area contributed by atoms with Crippen molar-refractivity contribution < 1.29 is 23.7 Å². The zero-order valence-corrected chi connectivity index (χ0v) is 15.7. The number of esters is 1. The molecule has 0 atom stereocenters. The molecule has 0 fully saturated rings. The quantitative estimate of drug-likeness (QED) is 0.587. The fourth-order valence-electron chi connectivity index (χ4n) is 2.29. The molecule has 0 amide bonds. The Morgan fingerprint density at radius 2 is 1.42 bits per heavy atom. The van der Waals surface area contributed by atoms with Gasteiger partial charge in [-0.15, -0.1) is 0 Å². The van der Waals surface area contributed by atoms with E-state index in [1.54, 1.807) is 19.2 Å². The van der Waals surface area contributed by atoms with Crippen molar-refractivity contribution in [2.45, 2.75) is 0 Å². The van der Waals surface area contributed by atoms with Gasteiger partial charge in [0.05, 0.1) is 45.4 Å². The standard InChI is InChI=1S/C18H20N2O5S/c1-22-14-8-6-5-7-12(14)19-18(26)20-13-10-16(24-3)15(23-2)9-11(13)17(21)25-4/h5-10H,1-4H3,(H2,19,20,26). The Kier molecular flexibility index (Phi) is 6.62. The monoisotopic (exact) mass is 376 g/mol. The number of hydrogen-bond acceptors (Lipinski definition) is 6. The molecule has 0 aromatic heterocycles. The fraction of sp³-hybridized carbons (Fsp3) is 0.222. The average molecular weight is 376 g/mol. The predicted molar refractivity (Wildman–Crippen MR) is 104 cm³/mol. The van der Waals surface area contributed by atoms with Gasteiger partial charge in [-0.3, -0.25) is 0 Å². The van der Waals surface area contributed by atoms with Crippen LogP contribution in [-0.4, -0.2) is 39.5 Å². The van der Waals surface area contributed by atoms with Crippen LogP contribution in [0.3, 0.4) is 0 Å². The van der Waals surface area contributed by atoms with Crippen molar-refractivity contribution in [3.8, 4) is 17.2 Å². The molecular weight excluding hydrogens is 356 g/mol. The van der Waals surface area contributed by atoms with Crippen molar-refractivity contribution in [3.05, 3.63) is 42.0 Å². The van der Waals surface area contributed by atoms with Crippen LogP contribution in [0, 0.1) is 0 Å². The summed E-state index contributed by atoms with van der Waals surface area (Å²) in [5.41, 5.74) is 1.36. The van der Waals surface area contributed by atoms with Crippen LogP contribution in [0.1, 0.15) is 10.4 Å². The van der Waals surface area contributed by atoms with E-state index in [0.29, 0.717) is 28.6 Å². The van der Waals surface area contributed by atoms with Gasteiger partial charge in [-0.1, -0.05) is 12.1 Å². The van der Waals surface area contributed by atoms with Crippen molar-refractivity contribution >= 4 is 34.7 Å². The lowest BCUT2D eigenvalue weighted by Gasteiger charge is -2.17. The average Bonchev–Trinajstić information content (AvgIpc) is 2.67. The van der Waals surface area contributed by atoms with E-state index in [4.69, 9.17) is 31.2 Å². The van der Waals surface area contributed by atoms with Gasteiger partial charge >= 0.3 is 5.97 Å². The molecule has 0 radical (unpaired) electrons. The van der Waals surface area contributed by atoms with Gasteiger partial charge in [0.25, 0.3) is 0 Å². The molecular formula is C18H20N2O5S. The van der Waals surface area contributed by atoms with Gasteiger partial charge in [-0.05, 0) is 24.4 Å². The highest BCUT2D eigenvalue weighted by molar-refractivity contribution is 7.80. The molecule has 0 aliphatic carbocycles. The van der Waals surface area contributed by atoms with E-state index < -0.39 is 5.97 Å². The van der Waals surface area contributed by atoms with Crippen LogP contribution in [0.4, 0.5) is 11.4 Å². The number of nitrogens with one attached hydrogen (secondary N) is 2. The molecule has 0 aliphatic heterocycles. The van der Waals surface area contributed by atoms with Gasteiger partial charge in [0.2, 0.25) is 0 Å². The third-order valence-electron chi connectivity index (χ3n) is 3.53. The van der Waals surface area contributed by atoms with Gasteiger partial charge in [-0.25, -0.2) is 4.79 Å². The second-order valence-electron chi connectivity index (χ2n) is 5.02. The van der Waals surface area contributed by atoms with E-state index in [1.807, 2.05) is 18.2 Å². The Bertz CT molecular complexity index is 810. The number of benzene rings is 2. The van der Waals surface area contributed by atoms with Crippen molar-refractivity contribution in [3.63, 3.8) is 0 Å². The van der Waals surface area contributed by atoms with Gasteiger partial charge in [0.1, 0.15) is 5.75 Å². The van der Waals surface area contributed by atoms with E-state index in [1.165, 1.54) is 27.4 Å². The summed E-state index contributed by atoms with van der Waals surface area (Å²) in [4.78, 5) is 12.1. The first-order chi connectivity index (χ1) is 12.5. The zero-order chi connectivity index (χ0) is 19.1. The summed E-state index contributed by atoms with van der Waals surface area (Å²) < 4.78 is 20.6. The first kappa shape index (κ1) is 19.3. The highest BCUT2D eigenvalue weighted by Crippen LogP contribution is 2.34. The summed E-state index contributed by atoms with van der Waals surface area (Å²) in [5, 5.41) is 6.28. The summed E-state index contributed by atoms with van der Waals surface area (Å²) in [6.07, 6.45) is 0. The van der Waals surface area contributed by atoms with E-state index >= 15 is 0 Å². The lowest BCUT2D eigenvalue weighted by Crippen LogP contribution is -2.21. The molecule has 138 valence electrons. The molecule has 0 heterocycles. The van der Waals surface area contributed by atoms with Gasteiger partial charge in [-0.2, -0.15) is 0 Å². The SMILES string of the molecule is COC(=O)c1cc(OC)c(OC)cc1NC(=S)Nc1ccccc1OC. The number of hydrogen-bond donors (Lipinski definition) is 2. The van der Waals surface area contributed by atoms with Crippen LogP contribution in [0.5, 0.6) is 17.2 Å². The number of carbonyl (C=O) groups excluding carboxylic acids is 1. The minimum Gasteiger partial charge on any atom is -0.495 e. The number of anilines is 2. The molecule has 2 rings (SSSR count). The van der Waals surface area contributed by atoms with Crippen LogP contribution < -0.4 is 24.8 Å². The van der Waals surface area contributed by atoms with Crippen LogP contribution in [0.15, 0.2) is 36.4 Å². The molecule has 0 saturated heterocycles. The molecule has 0 saturated carbocycles. The zero-order valence-electron chi connectivity index (χ0n) is 14.9. The molecule has 0 unspecified atom stereocenters. The van der Waals surface area contributed by atoms with Crippen molar-refractivity contribution in [2.75, 3.05) is 39.1 Å². The normalized spacial score (nSPS) is 9.85. The summed E-state index contributed by atoms with van der Waals surface area (Å²) in [7, 11) is 5.86.